The lowest BCUT2D eigenvalue weighted by molar-refractivity contribution is 0.0997. The summed E-state index contributed by atoms with van der Waals surface area (Å²) in [5.41, 5.74) is 3.60. The van der Waals surface area contributed by atoms with Gasteiger partial charge in [0.1, 0.15) is 5.76 Å². The van der Waals surface area contributed by atoms with E-state index in [0.29, 0.717) is 15.9 Å². The maximum atomic E-state index is 12.5. The van der Waals surface area contributed by atoms with E-state index in [1.54, 1.807) is 12.1 Å². The van der Waals surface area contributed by atoms with Crippen LogP contribution in [0.5, 0.6) is 0 Å². The van der Waals surface area contributed by atoms with Crippen molar-refractivity contribution in [3.63, 3.8) is 0 Å². The van der Waals surface area contributed by atoms with E-state index < -0.39 is 0 Å². The van der Waals surface area contributed by atoms with Gasteiger partial charge in [-0.3, -0.25) is 10.1 Å². The number of halogens is 2. The highest BCUT2D eigenvalue weighted by molar-refractivity contribution is 9.10. The van der Waals surface area contributed by atoms with Gasteiger partial charge in [0.2, 0.25) is 0 Å². The van der Waals surface area contributed by atoms with E-state index in [9.17, 15) is 4.79 Å². The number of hydrogen-bond donors (Lipinski definition) is 1. The summed E-state index contributed by atoms with van der Waals surface area (Å²) in [6, 6.07) is 16.9. The van der Waals surface area contributed by atoms with E-state index >= 15 is 0 Å². The van der Waals surface area contributed by atoms with Crippen molar-refractivity contribution >= 4 is 49.9 Å². The van der Waals surface area contributed by atoms with Gasteiger partial charge in [-0.1, -0.05) is 51.8 Å². The Morgan fingerprint density at radius 2 is 1.86 bits per heavy atom. The van der Waals surface area contributed by atoms with E-state index in [2.05, 4.69) is 26.2 Å². The van der Waals surface area contributed by atoms with Crippen LogP contribution >= 0.6 is 38.9 Å². The van der Waals surface area contributed by atoms with E-state index in [1.165, 1.54) is 11.3 Å². The minimum atomic E-state index is -0.346. The molecule has 1 N–H and O–H groups in total. The van der Waals surface area contributed by atoms with Gasteiger partial charge < -0.3 is 4.42 Å². The molecule has 2 heterocycles. The average Bonchev–Trinajstić information content (AvgIpc) is 3.34. The van der Waals surface area contributed by atoms with Crippen molar-refractivity contribution in [2.45, 2.75) is 6.92 Å². The maximum Gasteiger partial charge on any atom is 0.293 e. The zero-order valence-electron chi connectivity index (χ0n) is 14.7. The van der Waals surface area contributed by atoms with Crippen LogP contribution in [0.4, 0.5) is 5.13 Å². The summed E-state index contributed by atoms with van der Waals surface area (Å²) in [4.78, 5) is 17.0. The van der Waals surface area contributed by atoms with Crippen LogP contribution in [0.15, 0.2) is 68.9 Å². The monoisotopic (exact) mass is 472 g/mol. The lowest BCUT2D eigenvalue weighted by Gasteiger charge is -2.01. The Hall–Kier alpha value is -2.41. The molecule has 0 saturated carbocycles. The van der Waals surface area contributed by atoms with Crippen molar-refractivity contribution in [2.24, 2.45) is 0 Å². The lowest BCUT2D eigenvalue weighted by atomic mass is 10.1. The molecular weight excluding hydrogens is 460 g/mol. The fraction of sp³-hybridized carbons (Fsp3) is 0.0476. The molecule has 28 heavy (non-hydrogen) atoms. The summed E-state index contributed by atoms with van der Waals surface area (Å²) in [5, 5.41) is 5.86. The van der Waals surface area contributed by atoms with Crippen LogP contribution in [0.25, 0.3) is 22.6 Å². The highest BCUT2D eigenvalue weighted by atomic mass is 79.9. The van der Waals surface area contributed by atoms with E-state index in [0.717, 1.165) is 26.9 Å². The first-order valence-corrected chi connectivity index (χ1v) is 10.4. The molecule has 0 fully saturated rings. The van der Waals surface area contributed by atoms with Gasteiger partial charge in [0, 0.05) is 26.0 Å². The number of aromatic nitrogens is 1. The van der Waals surface area contributed by atoms with Gasteiger partial charge in [-0.25, -0.2) is 4.98 Å². The fourth-order valence-corrected chi connectivity index (χ4v) is 3.76. The summed E-state index contributed by atoms with van der Waals surface area (Å²) < 4.78 is 6.71. The number of thiazole rings is 1. The number of nitrogens with one attached hydrogen (secondary N) is 1. The molecule has 1 amide bonds. The third-order valence-electron chi connectivity index (χ3n) is 4.15. The third kappa shape index (κ3) is 4.04. The van der Waals surface area contributed by atoms with Gasteiger partial charge in [-0.2, -0.15) is 0 Å². The molecule has 0 aliphatic carbocycles. The molecule has 0 spiro atoms. The molecule has 0 aliphatic rings. The molecule has 0 radical (unpaired) electrons. The van der Waals surface area contributed by atoms with Crippen molar-refractivity contribution < 1.29 is 9.21 Å². The number of hydrogen-bond acceptors (Lipinski definition) is 4. The van der Waals surface area contributed by atoms with Gasteiger partial charge in [0.05, 0.1) is 5.69 Å². The van der Waals surface area contributed by atoms with Crippen LogP contribution in [0.1, 0.15) is 16.1 Å². The molecular formula is C21H14BrClN2O2S. The largest absolute Gasteiger partial charge is 0.451 e. The molecule has 0 atom stereocenters. The van der Waals surface area contributed by atoms with Gasteiger partial charge >= 0.3 is 0 Å². The predicted octanol–water partition coefficient (Wildman–Crippen LogP) is 7.05. The Kier molecular flexibility index (Phi) is 5.35. The molecule has 0 aliphatic heterocycles. The number of nitrogens with zero attached hydrogens (tertiary/aromatic N) is 1. The number of carbonyl (C=O) groups is 1. The number of carbonyl (C=O) groups excluding carboxylic acids is 1. The van der Waals surface area contributed by atoms with Crippen LogP contribution in [0.3, 0.4) is 0 Å². The Morgan fingerprint density at radius 3 is 2.61 bits per heavy atom. The quantitative estimate of drug-likeness (QED) is 0.345. The first kappa shape index (κ1) is 18.9. The maximum absolute atomic E-state index is 12.5. The zero-order valence-corrected chi connectivity index (χ0v) is 17.9. The van der Waals surface area contributed by atoms with Crippen LogP contribution in [-0.2, 0) is 0 Å². The second-order valence-electron chi connectivity index (χ2n) is 6.13. The molecule has 0 unspecified atom stereocenters. The van der Waals surface area contributed by atoms with Crippen LogP contribution < -0.4 is 5.32 Å². The highest BCUT2D eigenvalue weighted by Gasteiger charge is 2.15. The lowest BCUT2D eigenvalue weighted by Crippen LogP contribution is -2.10. The fourth-order valence-electron chi connectivity index (χ4n) is 2.60. The topological polar surface area (TPSA) is 55.1 Å². The normalized spacial score (nSPS) is 10.8. The Bertz CT molecular complexity index is 1150. The molecule has 4 nitrogen and oxygen atoms in total. The van der Waals surface area contributed by atoms with Crippen LogP contribution in [-0.4, -0.2) is 10.9 Å². The molecule has 4 rings (SSSR count). The third-order valence-corrected chi connectivity index (χ3v) is 5.84. The predicted molar refractivity (Wildman–Crippen MR) is 117 cm³/mol. The van der Waals surface area contributed by atoms with Gasteiger partial charge in [0.15, 0.2) is 10.9 Å². The van der Waals surface area contributed by atoms with E-state index in [4.69, 9.17) is 16.0 Å². The smallest absolute Gasteiger partial charge is 0.293 e. The molecule has 0 bridgehead atoms. The molecule has 0 saturated heterocycles. The van der Waals surface area contributed by atoms with E-state index in [1.807, 2.05) is 54.8 Å². The van der Waals surface area contributed by atoms with Gasteiger partial charge in [0.25, 0.3) is 5.91 Å². The SMILES string of the molecule is Cc1ccc(-c2ccc(C(=O)Nc3nc(-c4ccc(Br)cc4)cs3)o2)cc1Cl. The number of aryl methyl sites for hydroxylation is 1. The average molecular weight is 474 g/mol. The number of benzene rings is 2. The summed E-state index contributed by atoms with van der Waals surface area (Å²) in [7, 11) is 0. The number of rotatable bonds is 4. The first-order chi connectivity index (χ1) is 13.5. The second kappa shape index (κ2) is 7.91. The molecule has 2 aromatic heterocycles. The number of amides is 1. The van der Waals surface area contributed by atoms with Crippen molar-refractivity contribution in [1.29, 1.82) is 0 Å². The standard InChI is InChI=1S/C21H14BrClN2O2S/c1-12-2-3-14(10-16(12)23)18-8-9-19(27-18)20(26)25-21-24-17(11-28-21)13-4-6-15(22)7-5-13/h2-11H,1H3,(H,24,25,26). The molecule has 7 heteroatoms. The van der Waals surface area contributed by atoms with Crippen LogP contribution in [0, 0.1) is 6.92 Å². The van der Waals surface area contributed by atoms with E-state index in [-0.39, 0.29) is 11.7 Å². The number of furan rings is 1. The molecule has 2 aromatic carbocycles. The summed E-state index contributed by atoms with van der Waals surface area (Å²) in [6.07, 6.45) is 0. The zero-order chi connectivity index (χ0) is 19.7. The first-order valence-electron chi connectivity index (χ1n) is 8.39. The van der Waals surface area contributed by atoms with Crippen LogP contribution in [0.2, 0.25) is 5.02 Å². The summed E-state index contributed by atoms with van der Waals surface area (Å²) in [6.45, 7) is 1.93. The van der Waals surface area contributed by atoms with Crippen molar-refractivity contribution in [1.82, 2.24) is 4.98 Å². The second-order valence-corrected chi connectivity index (χ2v) is 8.31. The summed E-state index contributed by atoms with van der Waals surface area (Å²) >= 11 is 11.0. The number of anilines is 1. The molecule has 4 aromatic rings. The van der Waals surface area contributed by atoms with Crippen molar-refractivity contribution in [2.75, 3.05) is 5.32 Å². The minimum Gasteiger partial charge on any atom is -0.451 e. The van der Waals surface area contributed by atoms with Crippen molar-refractivity contribution in [3.05, 3.63) is 80.8 Å². The Labute approximate surface area is 179 Å². The summed E-state index contributed by atoms with van der Waals surface area (Å²) in [5.74, 6) is 0.454. The van der Waals surface area contributed by atoms with Gasteiger partial charge in [-0.15, -0.1) is 11.3 Å². The van der Waals surface area contributed by atoms with Gasteiger partial charge in [-0.05, 0) is 42.8 Å². The van der Waals surface area contributed by atoms with Crippen molar-refractivity contribution in [3.8, 4) is 22.6 Å². The Morgan fingerprint density at radius 1 is 1.11 bits per heavy atom. The highest BCUT2D eigenvalue weighted by Crippen LogP contribution is 2.29. The molecule has 140 valence electrons. The Balaban J connectivity index is 1.49. The minimum absolute atomic E-state index is 0.215.